The average molecular weight is 912 g/mol. The molecule has 0 unspecified atom stereocenters. The number of hydrogen-bond donors (Lipinski definition) is 0. The highest BCUT2D eigenvalue weighted by molar-refractivity contribution is 8.14. The zero-order valence-electron chi connectivity index (χ0n) is 34.0. The Bertz CT molecular complexity index is 2050. The number of aryl methyl sites for hydroxylation is 2. The lowest BCUT2D eigenvalue weighted by molar-refractivity contribution is -0.144. The summed E-state index contributed by atoms with van der Waals surface area (Å²) in [5, 5.41) is -1.21. The first-order valence-corrected chi connectivity index (χ1v) is 19.9. The van der Waals surface area contributed by atoms with Crippen molar-refractivity contribution in [1.82, 2.24) is 14.7 Å². The van der Waals surface area contributed by atoms with E-state index < -0.39 is 68.6 Å². The number of carbonyl (C=O) groups is 2. The molecule has 0 fully saturated rings. The summed E-state index contributed by atoms with van der Waals surface area (Å²) in [6.45, 7) is 6.87. The van der Waals surface area contributed by atoms with Gasteiger partial charge in [0.05, 0.1) is 22.3 Å². The van der Waals surface area contributed by atoms with E-state index in [9.17, 15) is 62.3 Å². The van der Waals surface area contributed by atoms with E-state index in [1.807, 2.05) is 13.8 Å². The summed E-state index contributed by atoms with van der Waals surface area (Å²) < 4.78 is 168. The van der Waals surface area contributed by atoms with Gasteiger partial charge in [-0.1, -0.05) is 49.2 Å². The number of thioether (sulfide) groups is 2. The summed E-state index contributed by atoms with van der Waals surface area (Å²) in [6, 6.07) is 8.26. The van der Waals surface area contributed by atoms with Crippen LogP contribution in [0.25, 0.3) is 22.3 Å². The molecule has 0 saturated carbocycles. The van der Waals surface area contributed by atoms with E-state index >= 15 is 0 Å². The zero-order valence-corrected chi connectivity index (χ0v) is 35.6. The van der Waals surface area contributed by atoms with Crippen LogP contribution < -0.4 is 0 Å². The molecule has 0 spiro atoms. The van der Waals surface area contributed by atoms with Gasteiger partial charge in [0.2, 0.25) is 0 Å². The van der Waals surface area contributed by atoms with Crippen molar-refractivity contribution in [2.75, 3.05) is 34.7 Å². The second-order valence-electron chi connectivity index (χ2n) is 15.3. The Morgan fingerprint density at radius 3 is 1.05 bits per heavy atom. The third kappa shape index (κ3) is 12.8. The first-order valence-electron chi connectivity index (χ1n) is 18.2. The normalized spacial score (nSPS) is 12.7. The van der Waals surface area contributed by atoms with Crippen LogP contribution in [0.15, 0.2) is 70.5 Å². The van der Waals surface area contributed by atoms with Gasteiger partial charge in [0.1, 0.15) is 0 Å². The van der Waals surface area contributed by atoms with Crippen LogP contribution >= 0.6 is 23.5 Å². The Hall–Kier alpha value is -4.36. The molecule has 0 N–H and O–H groups in total. The zero-order chi connectivity index (χ0) is 46.2. The highest BCUT2D eigenvalue weighted by Gasteiger charge is 2.39. The molecule has 4 aromatic rings. The number of alkyl halides is 12. The predicted molar refractivity (Wildman–Crippen MR) is 212 cm³/mol. The maximum atomic E-state index is 14.0. The quantitative estimate of drug-likeness (QED) is 0.117. The summed E-state index contributed by atoms with van der Waals surface area (Å²) in [4.78, 5) is 30.8. The van der Waals surface area contributed by atoms with Crippen LogP contribution in [0.3, 0.4) is 0 Å². The molecule has 332 valence electrons. The van der Waals surface area contributed by atoms with Crippen molar-refractivity contribution in [2.24, 2.45) is 5.92 Å². The summed E-state index contributed by atoms with van der Waals surface area (Å²) in [6.07, 6.45) is -20.7. The summed E-state index contributed by atoms with van der Waals surface area (Å²) in [7, 11) is 5.63. The summed E-state index contributed by atoms with van der Waals surface area (Å²) >= 11 is 1.17. The van der Waals surface area contributed by atoms with Gasteiger partial charge in [-0.05, 0) is 113 Å². The molecule has 0 atom stereocenters. The maximum absolute atomic E-state index is 14.0. The number of benzene rings is 4. The minimum Gasteiger partial charge on any atom is -0.339 e. The molecule has 0 aliphatic heterocycles. The van der Waals surface area contributed by atoms with Gasteiger partial charge in [-0.3, -0.25) is 14.5 Å². The van der Waals surface area contributed by atoms with E-state index in [0.717, 1.165) is 0 Å². The Morgan fingerprint density at radius 1 is 0.508 bits per heavy atom. The maximum Gasteiger partial charge on any atom is 0.416 e. The number of carbonyl (C=O) groups excluding carboxylic acids is 2. The number of rotatable bonds is 10. The Morgan fingerprint density at radius 2 is 0.803 bits per heavy atom. The lowest BCUT2D eigenvalue weighted by atomic mass is 9.95. The van der Waals surface area contributed by atoms with Crippen molar-refractivity contribution in [3.05, 3.63) is 105 Å². The van der Waals surface area contributed by atoms with Crippen molar-refractivity contribution in [3.8, 4) is 22.3 Å². The van der Waals surface area contributed by atoms with Gasteiger partial charge in [-0.2, -0.15) is 52.7 Å². The van der Waals surface area contributed by atoms with Crippen LogP contribution in [0.4, 0.5) is 62.3 Å². The number of nitrogens with zero attached hydrogens (tertiary/aromatic N) is 3. The van der Waals surface area contributed by atoms with Crippen LogP contribution in [0.5, 0.6) is 0 Å². The fraction of sp³-hybridized carbons (Fsp3) is 0.381. The molecule has 0 aromatic heterocycles. The van der Waals surface area contributed by atoms with Crippen LogP contribution in [0.2, 0.25) is 0 Å². The highest BCUT2D eigenvalue weighted by Crippen LogP contribution is 2.45. The van der Waals surface area contributed by atoms with Gasteiger partial charge in [0.25, 0.3) is 10.5 Å². The second-order valence-corrected chi connectivity index (χ2v) is 17.2. The average Bonchev–Trinajstić information content (AvgIpc) is 3.11. The van der Waals surface area contributed by atoms with Gasteiger partial charge >= 0.3 is 24.7 Å². The van der Waals surface area contributed by atoms with Crippen LogP contribution in [-0.4, -0.2) is 59.9 Å². The fourth-order valence-electron chi connectivity index (χ4n) is 6.36. The first-order chi connectivity index (χ1) is 27.8. The molecule has 4 aromatic carbocycles. The number of halogens is 12. The number of amides is 2. The van der Waals surface area contributed by atoms with Gasteiger partial charge in [-0.25, -0.2) is 0 Å². The van der Waals surface area contributed by atoms with Crippen LogP contribution in [0, 0.1) is 19.8 Å². The van der Waals surface area contributed by atoms with E-state index in [4.69, 9.17) is 0 Å². The lowest BCUT2D eigenvalue weighted by Crippen LogP contribution is -2.28. The molecule has 0 aliphatic rings. The van der Waals surface area contributed by atoms with E-state index in [0.29, 0.717) is 70.0 Å². The largest absolute Gasteiger partial charge is 0.416 e. The van der Waals surface area contributed by atoms with E-state index in [-0.39, 0.29) is 58.6 Å². The van der Waals surface area contributed by atoms with Crippen molar-refractivity contribution in [1.29, 1.82) is 0 Å². The fourth-order valence-corrected chi connectivity index (χ4v) is 8.16. The van der Waals surface area contributed by atoms with Gasteiger partial charge in [-0.15, -0.1) is 0 Å². The third-order valence-corrected chi connectivity index (χ3v) is 11.4. The molecule has 0 aliphatic carbocycles. The minimum absolute atomic E-state index is 0.00157. The first kappa shape index (κ1) is 49.3. The Labute approximate surface area is 353 Å². The molecule has 0 saturated heterocycles. The van der Waals surface area contributed by atoms with Gasteiger partial charge in [0, 0.05) is 57.6 Å². The van der Waals surface area contributed by atoms with Gasteiger partial charge in [0.15, 0.2) is 0 Å². The smallest absolute Gasteiger partial charge is 0.339 e. The summed E-state index contributed by atoms with van der Waals surface area (Å²) in [5.74, 6) is -0.122. The van der Waals surface area contributed by atoms with E-state index in [2.05, 4.69) is 0 Å². The molecule has 61 heavy (non-hydrogen) atoms. The topological polar surface area (TPSA) is 43.9 Å². The van der Waals surface area contributed by atoms with E-state index in [1.165, 1.54) is 50.1 Å². The van der Waals surface area contributed by atoms with Crippen LogP contribution in [-0.2, 0) is 37.8 Å². The van der Waals surface area contributed by atoms with Crippen molar-refractivity contribution < 1.29 is 62.3 Å². The third-order valence-electron chi connectivity index (χ3n) is 8.94. The SMILES string of the molecule is Cc1cc(CN(Cc2cc(C)cc(-c3cc(C(F)(F)F)cc(C(F)(F)F)c3)c2SC(=O)N(C)C)CC(C)C)c(SC(=O)N(C)C)c(-c2cc(C(F)(F)F)cc(C(F)(F)F)c2)c1. The second kappa shape index (κ2) is 18.5. The molecular weight excluding hydrogens is 871 g/mol. The molecular formula is C42H41F12N3O2S2. The minimum atomic E-state index is -5.16. The Kier molecular flexibility index (Phi) is 15.0. The van der Waals surface area contributed by atoms with E-state index in [1.54, 1.807) is 30.9 Å². The lowest BCUT2D eigenvalue weighted by Gasteiger charge is -2.28. The molecule has 0 radical (unpaired) electrons. The standard InChI is InChI=1S/C42H41F12N3O2S2/c1-22(2)19-57(20-27-9-23(3)11-33(35(27)60-37(58)55(5)6)25-13-29(39(43,44)45)17-30(14-25)40(46,47)48)21-28-10-24(4)12-34(36(28)61-38(59)56(7)8)26-15-31(41(49,50)51)18-32(16-26)42(52,53)54/h9-18,22H,19-21H2,1-8H3. The molecule has 4 rings (SSSR count). The molecule has 2 amide bonds. The molecule has 5 nitrogen and oxygen atoms in total. The number of hydrogen-bond acceptors (Lipinski definition) is 5. The van der Waals surface area contributed by atoms with Crippen molar-refractivity contribution in [3.63, 3.8) is 0 Å². The summed E-state index contributed by atoms with van der Waals surface area (Å²) in [5.41, 5.74) is -5.88. The highest BCUT2D eigenvalue weighted by atomic mass is 32.2. The Balaban J connectivity index is 2.01. The van der Waals surface area contributed by atoms with Gasteiger partial charge < -0.3 is 9.80 Å². The predicted octanol–water partition coefficient (Wildman–Crippen LogP) is 13.9. The van der Waals surface area contributed by atoms with Crippen molar-refractivity contribution >= 4 is 34.0 Å². The molecule has 0 heterocycles. The van der Waals surface area contributed by atoms with Crippen LogP contribution in [0.1, 0.15) is 58.4 Å². The molecule has 0 bridgehead atoms. The molecule has 19 heteroatoms. The monoisotopic (exact) mass is 911 g/mol. The van der Waals surface area contributed by atoms with Crippen molar-refractivity contribution in [2.45, 2.75) is 75.3 Å².